The molecular weight excluding hydrogens is 569 g/mol. The molecule has 0 bridgehead atoms. The van der Waals surface area contributed by atoms with Gasteiger partial charge >= 0.3 is 5.97 Å². The number of nitrogens with two attached hydrogens (primary N) is 1. The molecule has 0 fully saturated rings. The van der Waals surface area contributed by atoms with Crippen molar-refractivity contribution in [1.82, 2.24) is 15.3 Å². The lowest BCUT2D eigenvalue weighted by Gasteiger charge is -2.20. The molecule has 12 nitrogen and oxygen atoms in total. The van der Waals surface area contributed by atoms with E-state index in [0.29, 0.717) is 41.9 Å². The molecule has 0 radical (unpaired) electrons. The third kappa shape index (κ3) is 10.4. The van der Waals surface area contributed by atoms with Crippen LogP contribution in [0.3, 0.4) is 0 Å². The summed E-state index contributed by atoms with van der Waals surface area (Å²) in [6.45, 7) is 4.09. The average molecular weight is 610 g/mol. The Morgan fingerprint density at radius 3 is 2.33 bits per heavy atom. The molecule has 2 rings (SSSR count). The normalized spacial score (nSPS) is 14.1. The fraction of sp³-hybridized carbons (Fsp3) is 0.500. The highest BCUT2D eigenvalue weighted by molar-refractivity contribution is 7.92. The van der Waals surface area contributed by atoms with Crippen LogP contribution < -0.4 is 15.4 Å². The van der Waals surface area contributed by atoms with Gasteiger partial charge in [0.25, 0.3) is 0 Å². The van der Waals surface area contributed by atoms with E-state index in [-0.39, 0.29) is 24.7 Å². The van der Waals surface area contributed by atoms with Crippen molar-refractivity contribution in [1.29, 1.82) is 0 Å². The lowest BCUT2D eigenvalue weighted by molar-refractivity contribution is -0.142. The number of nitrogens with one attached hydrogen (secondary N) is 1. The second kappa shape index (κ2) is 15.7. The van der Waals surface area contributed by atoms with Crippen molar-refractivity contribution < 1.29 is 37.7 Å². The van der Waals surface area contributed by atoms with Gasteiger partial charge in [-0.25, -0.2) is 31.9 Å². The summed E-state index contributed by atoms with van der Waals surface area (Å²) in [5.41, 5.74) is 7.13. The zero-order valence-corrected chi connectivity index (χ0v) is 25.0. The van der Waals surface area contributed by atoms with Crippen LogP contribution in [0.25, 0.3) is 17.3 Å². The van der Waals surface area contributed by atoms with Gasteiger partial charge in [-0.15, -0.1) is 0 Å². The van der Waals surface area contributed by atoms with Crippen LogP contribution in [0.4, 0.5) is 10.3 Å². The zero-order chi connectivity index (χ0) is 31.6. The molecule has 0 aliphatic heterocycles. The monoisotopic (exact) mass is 609 g/mol. The topological polar surface area (TPSA) is 196 Å². The lowest BCUT2D eigenvalue weighted by Crippen LogP contribution is -2.42. The highest BCUT2D eigenvalue weighted by Crippen LogP contribution is 2.31. The lowest BCUT2D eigenvalue weighted by atomic mass is 9.97. The molecular formula is C28H40FN5O7S. The second-order valence-corrected chi connectivity index (χ2v) is 12.3. The maximum absolute atomic E-state index is 13.7. The number of anilines is 1. The summed E-state index contributed by atoms with van der Waals surface area (Å²) in [5, 5.41) is 32.7. The Balaban J connectivity index is 2.30. The van der Waals surface area contributed by atoms with Gasteiger partial charge in [-0.3, -0.25) is 4.79 Å². The van der Waals surface area contributed by atoms with Gasteiger partial charge in [-0.2, -0.15) is 0 Å². The Labute approximate surface area is 245 Å². The van der Waals surface area contributed by atoms with Gasteiger partial charge < -0.3 is 26.4 Å². The van der Waals surface area contributed by atoms with Gasteiger partial charge in [0.2, 0.25) is 21.9 Å². The number of aliphatic hydroxyl groups excluding tert-OH is 2. The van der Waals surface area contributed by atoms with Gasteiger partial charge in [-0.1, -0.05) is 26.0 Å². The third-order valence-corrected chi connectivity index (χ3v) is 7.57. The summed E-state index contributed by atoms with van der Waals surface area (Å²) < 4.78 is 39.0. The van der Waals surface area contributed by atoms with Gasteiger partial charge in [0, 0.05) is 24.6 Å². The number of carboxylic acids is 1. The number of sulfonamides is 1. The zero-order valence-electron chi connectivity index (χ0n) is 24.2. The van der Waals surface area contributed by atoms with Crippen molar-refractivity contribution in [3.8, 4) is 11.3 Å². The van der Waals surface area contributed by atoms with Crippen LogP contribution in [-0.4, -0.2) is 83.7 Å². The van der Waals surface area contributed by atoms with Crippen LogP contribution in [0.2, 0.25) is 0 Å². The quantitative estimate of drug-likeness (QED) is 0.176. The number of nitrogens with zero attached hydrogens (tertiary/aromatic N) is 3. The van der Waals surface area contributed by atoms with E-state index >= 15 is 0 Å². The maximum Gasteiger partial charge on any atom is 0.326 e. The van der Waals surface area contributed by atoms with Crippen molar-refractivity contribution in [2.75, 3.05) is 24.2 Å². The first-order valence-corrected chi connectivity index (χ1v) is 15.4. The molecule has 6 N–H and O–H groups in total. The van der Waals surface area contributed by atoms with Crippen LogP contribution in [0.15, 0.2) is 30.3 Å². The molecule has 0 aliphatic rings. The molecule has 1 amide bonds. The smallest absolute Gasteiger partial charge is 0.326 e. The van der Waals surface area contributed by atoms with E-state index < -0.39 is 52.4 Å². The first kappa shape index (κ1) is 34.7. The summed E-state index contributed by atoms with van der Waals surface area (Å²) in [6, 6.07) is 4.35. The Bertz CT molecular complexity index is 1350. The molecule has 2 aromatic rings. The summed E-state index contributed by atoms with van der Waals surface area (Å²) in [6.07, 6.45) is 2.14. The maximum atomic E-state index is 13.7. The molecule has 0 saturated heterocycles. The van der Waals surface area contributed by atoms with Crippen molar-refractivity contribution in [2.45, 2.75) is 70.1 Å². The number of carbonyl (C=O) groups is 2. The highest BCUT2D eigenvalue weighted by atomic mass is 32.2. The minimum atomic E-state index is -3.69. The molecule has 1 heterocycles. The highest BCUT2D eigenvalue weighted by Gasteiger charge is 2.24. The van der Waals surface area contributed by atoms with E-state index in [2.05, 4.69) is 15.3 Å². The first-order chi connectivity index (χ1) is 19.6. The number of amides is 1. The minimum absolute atomic E-state index is 0.0812. The Morgan fingerprint density at radius 1 is 1.14 bits per heavy atom. The molecule has 232 valence electrons. The number of aliphatic hydroxyl groups is 2. The molecule has 1 aromatic heterocycles. The van der Waals surface area contributed by atoms with Gasteiger partial charge in [0.1, 0.15) is 11.9 Å². The van der Waals surface area contributed by atoms with Crippen LogP contribution in [0, 0.1) is 5.82 Å². The standard InChI is InChI=1S/C28H40FN5O7S/c1-17(2)25-22(26(18-8-10-19(29)11-9-18)33-28(32-25)34(3)42(4,40)41)13-12-20(35)15-21(36)16-24(37)31-23(27(38)39)7-5-6-14-30/h8-13,17,20-21,23,35-36H,5-7,14-16,30H2,1-4H3,(H,31,37)(H,38,39)/b13-12+/t20-,21+,23?/m0/s1. The van der Waals surface area contributed by atoms with Gasteiger partial charge in [0.15, 0.2) is 0 Å². The van der Waals surface area contributed by atoms with Gasteiger partial charge in [0.05, 0.1) is 36.3 Å². The number of rotatable bonds is 16. The molecule has 14 heteroatoms. The summed E-state index contributed by atoms with van der Waals surface area (Å²) in [5.74, 6) is -2.62. The Kier molecular flexibility index (Phi) is 13.0. The molecule has 42 heavy (non-hydrogen) atoms. The molecule has 0 saturated carbocycles. The van der Waals surface area contributed by atoms with Crippen molar-refractivity contribution in [2.24, 2.45) is 5.73 Å². The number of hydrogen-bond donors (Lipinski definition) is 5. The fourth-order valence-electron chi connectivity index (χ4n) is 4.06. The summed E-state index contributed by atoms with van der Waals surface area (Å²) in [7, 11) is -2.37. The number of carboxylic acid groups (broad SMARTS) is 1. The van der Waals surface area contributed by atoms with Crippen molar-refractivity contribution in [3.63, 3.8) is 0 Å². The van der Waals surface area contributed by atoms with Crippen LogP contribution in [0.5, 0.6) is 0 Å². The Morgan fingerprint density at radius 2 is 1.79 bits per heavy atom. The number of halogens is 1. The number of unbranched alkanes of at least 4 members (excludes halogenated alkanes) is 1. The first-order valence-electron chi connectivity index (χ1n) is 13.5. The number of aromatic nitrogens is 2. The third-order valence-electron chi connectivity index (χ3n) is 6.41. The van der Waals surface area contributed by atoms with E-state index in [1.165, 1.54) is 43.5 Å². The van der Waals surface area contributed by atoms with Crippen LogP contribution >= 0.6 is 0 Å². The Hall–Kier alpha value is -3.46. The minimum Gasteiger partial charge on any atom is -0.480 e. The number of carbonyl (C=O) groups excluding carboxylic acids is 1. The largest absolute Gasteiger partial charge is 0.480 e. The van der Waals surface area contributed by atoms with E-state index in [1.54, 1.807) is 0 Å². The van der Waals surface area contributed by atoms with E-state index in [0.717, 1.165) is 10.6 Å². The molecule has 0 spiro atoms. The van der Waals surface area contributed by atoms with E-state index in [9.17, 15) is 37.7 Å². The summed E-state index contributed by atoms with van der Waals surface area (Å²) >= 11 is 0. The molecule has 0 aliphatic carbocycles. The number of hydrogen-bond acceptors (Lipinski definition) is 9. The van der Waals surface area contributed by atoms with Crippen molar-refractivity contribution in [3.05, 3.63) is 47.4 Å². The fourth-order valence-corrected chi connectivity index (χ4v) is 4.44. The molecule has 3 atom stereocenters. The molecule has 1 unspecified atom stereocenters. The van der Waals surface area contributed by atoms with E-state index in [4.69, 9.17) is 5.73 Å². The molecule has 1 aromatic carbocycles. The van der Waals surface area contributed by atoms with E-state index in [1.807, 2.05) is 13.8 Å². The second-order valence-electron chi connectivity index (χ2n) is 10.3. The van der Waals surface area contributed by atoms with Gasteiger partial charge in [-0.05, 0) is 56.0 Å². The number of benzene rings is 1. The summed E-state index contributed by atoms with van der Waals surface area (Å²) in [4.78, 5) is 32.7. The predicted octanol–water partition coefficient (Wildman–Crippen LogP) is 2.02. The average Bonchev–Trinajstić information content (AvgIpc) is 2.90. The SMILES string of the molecule is CC(C)c1nc(N(C)S(C)(=O)=O)nc(-c2ccc(F)cc2)c1/C=C/[C@H](O)C[C@@H](O)CC(=O)NC(CCCCN)C(=O)O. The van der Waals surface area contributed by atoms with Crippen LogP contribution in [-0.2, 0) is 19.6 Å². The van der Waals surface area contributed by atoms with Crippen molar-refractivity contribution >= 4 is 33.9 Å². The predicted molar refractivity (Wildman–Crippen MR) is 158 cm³/mol. The number of aliphatic carboxylic acids is 1. The van der Waals surface area contributed by atoms with Crippen LogP contribution in [0.1, 0.15) is 63.1 Å².